The van der Waals surface area contributed by atoms with Crippen molar-refractivity contribution in [2.75, 3.05) is 12.3 Å². The summed E-state index contributed by atoms with van der Waals surface area (Å²) in [6, 6.07) is 20.1. The van der Waals surface area contributed by atoms with E-state index in [2.05, 4.69) is 38.7 Å². The normalized spacial score (nSPS) is 10.8. The number of aromatic nitrogens is 4. The number of fused-ring (bicyclic) bond motifs is 1. The van der Waals surface area contributed by atoms with Crippen LogP contribution in [0.4, 0.5) is 0 Å². The smallest absolute Gasteiger partial charge is 0.231 e. The predicted molar refractivity (Wildman–Crippen MR) is 124 cm³/mol. The number of nitrogens with zero attached hydrogens (tertiary/aromatic N) is 5. The quantitative estimate of drug-likeness (QED) is 0.295. The second-order valence-electron chi connectivity index (χ2n) is 6.43. The highest BCUT2D eigenvalue weighted by atomic mass is 32.2. The van der Waals surface area contributed by atoms with Gasteiger partial charge in [0.1, 0.15) is 12.4 Å². The van der Waals surface area contributed by atoms with Crippen LogP contribution in [0.5, 0.6) is 0 Å². The van der Waals surface area contributed by atoms with Crippen LogP contribution in [0.2, 0.25) is 0 Å². The molecule has 2 aromatic carbocycles. The third-order valence-corrected chi connectivity index (χ3v) is 7.42. The van der Waals surface area contributed by atoms with E-state index >= 15 is 0 Å². The lowest BCUT2D eigenvalue weighted by Crippen LogP contribution is -2.25. The highest BCUT2D eigenvalue weighted by Crippen LogP contribution is 2.31. The molecule has 0 saturated carbocycles. The number of benzene rings is 2. The average Bonchev–Trinajstić information content (AvgIpc) is 3.39. The van der Waals surface area contributed by atoms with Crippen LogP contribution in [0.25, 0.3) is 10.2 Å². The number of amides is 1. The maximum atomic E-state index is 11.9. The maximum Gasteiger partial charge on any atom is 0.231 e. The second-order valence-corrected chi connectivity index (χ2v) is 9.63. The fourth-order valence-electron chi connectivity index (χ4n) is 2.82. The Bertz CT molecular complexity index is 1180. The minimum Gasteiger partial charge on any atom is -0.342 e. The summed E-state index contributed by atoms with van der Waals surface area (Å²) in [6.07, 6.45) is 0. The number of nitrogens with one attached hydrogen (secondary N) is 1. The van der Waals surface area contributed by atoms with Gasteiger partial charge < -0.3 is 9.88 Å². The van der Waals surface area contributed by atoms with Crippen LogP contribution in [0.15, 0.2) is 64.1 Å². The first-order valence-corrected chi connectivity index (χ1v) is 12.2. The summed E-state index contributed by atoms with van der Waals surface area (Å²) in [7, 11) is 0. The third kappa shape index (κ3) is 5.64. The van der Waals surface area contributed by atoms with Gasteiger partial charge in [0, 0.05) is 0 Å². The molecule has 2 aromatic heterocycles. The minimum atomic E-state index is -0.203. The number of carbonyl (C=O) groups is 1. The summed E-state index contributed by atoms with van der Waals surface area (Å²) >= 11 is 4.61. The zero-order valence-electron chi connectivity index (χ0n) is 16.4. The summed E-state index contributed by atoms with van der Waals surface area (Å²) in [4.78, 5) is 16.6. The first kappa shape index (κ1) is 21.4. The molecule has 4 aromatic rings. The van der Waals surface area contributed by atoms with E-state index in [1.165, 1.54) is 11.8 Å². The summed E-state index contributed by atoms with van der Waals surface area (Å²) in [5.74, 6) is 1.43. The molecule has 0 spiro atoms. The molecule has 0 bridgehead atoms. The van der Waals surface area contributed by atoms with Gasteiger partial charge >= 0.3 is 0 Å². The van der Waals surface area contributed by atoms with Crippen LogP contribution in [-0.2, 0) is 17.1 Å². The van der Waals surface area contributed by atoms with Crippen LogP contribution in [-0.4, -0.2) is 38.0 Å². The van der Waals surface area contributed by atoms with Crippen molar-refractivity contribution in [3.8, 4) is 6.07 Å². The first-order chi connectivity index (χ1) is 15.2. The van der Waals surface area contributed by atoms with Gasteiger partial charge in [-0.3, -0.25) is 4.79 Å². The number of thiazole rings is 1. The largest absolute Gasteiger partial charge is 0.342 e. The van der Waals surface area contributed by atoms with Gasteiger partial charge in [-0.1, -0.05) is 66.0 Å². The van der Waals surface area contributed by atoms with Gasteiger partial charge in [-0.05, 0) is 17.7 Å². The van der Waals surface area contributed by atoms with Gasteiger partial charge in [0.15, 0.2) is 9.50 Å². The van der Waals surface area contributed by atoms with Crippen molar-refractivity contribution < 1.29 is 4.79 Å². The summed E-state index contributed by atoms with van der Waals surface area (Å²) < 4.78 is 4.19. The number of para-hydroxylation sites is 1. The standard InChI is InChI=1S/C21H18N6OS3/c22-10-11-23-19(28)14-29-20-26-25-18(27(20)12-15-6-2-1-3-7-15)13-30-21-24-16-8-4-5-9-17(16)31-21/h1-9H,11-14H2,(H,23,28). The molecule has 10 heteroatoms. The molecule has 31 heavy (non-hydrogen) atoms. The van der Waals surface area contributed by atoms with Crippen molar-refractivity contribution in [2.24, 2.45) is 0 Å². The van der Waals surface area contributed by atoms with Gasteiger partial charge in [-0.2, -0.15) is 5.26 Å². The van der Waals surface area contributed by atoms with E-state index in [0.717, 1.165) is 25.9 Å². The Morgan fingerprint density at radius 2 is 1.90 bits per heavy atom. The Hall–Kier alpha value is -2.87. The molecule has 0 radical (unpaired) electrons. The number of rotatable bonds is 9. The van der Waals surface area contributed by atoms with E-state index in [1.807, 2.05) is 47.0 Å². The van der Waals surface area contributed by atoms with Gasteiger partial charge in [-0.15, -0.1) is 21.5 Å². The number of thioether (sulfide) groups is 2. The topological polar surface area (TPSA) is 96.5 Å². The highest BCUT2D eigenvalue weighted by Gasteiger charge is 2.16. The monoisotopic (exact) mass is 466 g/mol. The molecule has 7 nitrogen and oxygen atoms in total. The van der Waals surface area contributed by atoms with E-state index in [0.29, 0.717) is 17.5 Å². The zero-order valence-corrected chi connectivity index (χ0v) is 18.8. The molecule has 1 amide bonds. The number of nitriles is 1. The van der Waals surface area contributed by atoms with Crippen molar-refractivity contribution in [3.05, 3.63) is 66.0 Å². The molecule has 0 fully saturated rings. The number of carbonyl (C=O) groups excluding carboxylic acids is 1. The molecule has 2 heterocycles. The van der Waals surface area contributed by atoms with Gasteiger partial charge in [0.25, 0.3) is 0 Å². The molecule has 0 aliphatic carbocycles. The Kier molecular flexibility index (Phi) is 7.19. The fraction of sp³-hybridized carbons (Fsp3) is 0.190. The van der Waals surface area contributed by atoms with Crippen molar-refractivity contribution >= 4 is 51.0 Å². The van der Waals surface area contributed by atoms with Crippen LogP contribution < -0.4 is 5.32 Å². The van der Waals surface area contributed by atoms with Crippen LogP contribution in [0, 0.1) is 11.3 Å². The van der Waals surface area contributed by atoms with Crippen molar-refractivity contribution in [3.63, 3.8) is 0 Å². The van der Waals surface area contributed by atoms with Crippen molar-refractivity contribution in [1.29, 1.82) is 5.26 Å². The molecular weight excluding hydrogens is 448 g/mol. The third-order valence-electron chi connectivity index (χ3n) is 4.27. The minimum absolute atomic E-state index is 0.000155. The average molecular weight is 467 g/mol. The fourth-order valence-corrected chi connectivity index (χ4v) is 5.61. The SMILES string of the molecule is N#CCNC(=O)CSc1nnc(CSc2nc3ccccc3s2)n1Cc1ccccc1. The maximum absolute atomic E-state index is 11.9. The van der Waals surface area contributed by atoms with E-state index in [9.17, 15) is 4.79 Å². The van der Waals surface area contributed by atoms with Crippen molar-refractivity contribution in [2.45, 2.75) is 21.8 Å². The molecule has 0 saturated heterocycles. The Morgan fingerprint density at radius 1 is 1.10 bits per heavy atom. The zero-order chi connectivity index (χ0) is 21.5. The van der Waals surface area contributed by atoms with Gasteiger partial charge in [0.2, 0.25) is 5.91 Å². The van der Waals surface area contributed by atoms with Gasteiger partial charge in [0.05, 0.1) is 34.3 Å². The predicted octanol–water partition coefficient (Wildman–Crippen LogP) is 3.96. The van der Waals surface area contributed by atoms with Gasteiger partial charge in [-0.25, -0.2) is 4.98 Å². The summed E-state index contributed by atoms with van der Waals surface area (Å²) in [6.45, 7) is 0.617. The highest BCUT2D eigenvalue weighted by molar-refractivity contribution is 8.00. The molecule has 0 aliphatic heterocycles. The van der Waals surface area contributed by atoms with Crippen LogP contribution in [0.1, 0.15) is 11.4 Å². The van der Waals surface area contributed by atoms with E-state index < -0.39 is 0 Å². The Balaban J connectivity index is 1.50. The van der Waals surface area contributed by atoms with E-state index in [1.54, 1.807) is 23.1 Å². The van der Waals surface area contributed by atoms with Crippen LogP contribution in [0.3, 0.4) is 0 Å². The van der Waals surface area contributed by atoms with E-state index in [-0.39, 0.29) is 18.2 Å². The molecule has 1 N–H and O–H groups in total. The molecule has 0 atom stereocenters. The Morgan fingerprint density at radius 3 is 2.71 bits per heavy atom. The molecule has 0 unspecified atom stereocenters. The number of hydrogen-bond donors (Lipinski definition) is 1. The lowest BCUT2D eigenvalue weighted by Gasteiger charge is -2.10. The Labute approximate surface area is 191 Å². The summed E-state index contributed by atoms with van der Waals surface area (Å²) in [5, 5.41) is 20.5. The first-order valence-electron chi connectivity index (χ1n) is 9.44. The lowest BCUT2D eigenvalue weighted by atomic mass is 10.2. The molecule has 156 valence electrons. The molecule has 4 rings (SSSR count). The molecular formula is C21H18N6OS3. The van der Waals surface area contributed by atoms with Crippen LogP contribution >= 0.6 is 34.9 Å². The lowest BCUT2D eigenvalue weighted by molar-refractivity contribution is -0.118. The molecule has 0 aliphatic rings. The van der Waals surface area contributed by atoms with E-state index in [4.69, 9.17) is 5.26 Å². The number of hydrogen-bond acceptors (Lipinski definition) is 8. The van der Waals surface area contributed by atoms with Crippen molar-refractivity contribution in [1.82, 2.24) is 25.1 Å². The summed E-state index contributed by atoms with van der Waals surface area (Å²) in [5.41, 5.74) is 2.13. The second kappa shape index (κ2) is 10.4.